The summed E-state index contributed by atoms with van der Waals surface area (Å²) in [5.74, 6) is 0.588. The maximum Gasteiger partial charge on any atom is 0.343 e. The fourth-order valence-electron chi connectivity index (χ4n) is 3.08. The average Bonchev–Trinajstić information content (AvgIpc) is 2.85. The van der Waals surface area contributed by atoms with Crippen LogP contribution in [0.25, 0.3) is 0 Å². The van der Waals surface area contributed by atoms with E-state index in [1.807, 2.05) is 32.9 Å². The van der Waals surface area contributed by atoms with E-state index < -0.39 is 5.97 Å². The number of hydrogen-bond donors (Lipinski definition) is 1. The highest BCUT2D eigenvalue weighted by atomic mass is 16.6. The summed E-state index contributed by atoms with van der Waals surface area (Å²) in [4.78, 5) is 24.9. The lowest BCUT2D eigenvalue weighted by Gasteiger charge is -2.12. The SMILES string of the molecule is CCCOc1ccc(C(=O)Oc2ccc(C=NNC(=O)c3ccccc3C)cc2OCC)cc1. The quantitative estimate of drug-likeness (QED) is 0.195. The van der Waals surface area contributed by atoms with Crippen molar-refractivity contribution in [2.24, 2.45) is 5.10 Å². The number of ether oxygens (including phenoxy) is 3. The first-order chi connectivity index (χ1) is 16.5. The summed E-state index contributed by atoms with van der Waals surface area (Å²) in [6, 6.07) is 19.1. The van der Waals surface area contributed by atoms with Gasteiger partial charge in [-0.15, -0.1) is 0 Å². The molecule has 1 N–H and O–H groups in total. The molecule has 0 radical (unpaired) electrons. The molecule has 7 heteroatoms. The number of hydrogen-bond acceptors (Lipinski definition) is 6. The summed E-state index contributed by atoms with van der Waals surface area (Å²) in [5.41, 5.74) is 5.01. The summed E-state index contributed by atoms with van der Waals surface area (Å²) in [7, 11) is 0. The first-order valence-corrected chi connectivity index (χ1v) is 11.1. The van der Waals surface area contributed by atoms with E-state index in [2.05, 4.69) is 10.5 Å². The number of hydrazone groups is 1. The van der Waals surface area contributed by atoms with E-state index in [-0.39, 0.29) is 5.91 Å². The van der Waals surface area contributed by atoms with Gasteiger partial charge in [-0.05, 0) is 79.9 Å². The van der Waals surface area contributed by atoms with Crippen molar-refractivity contribution in [1.29, 1.82) is 0 Å². The third kappa shape index (κ3) is 6.68. The standard InChI is InChI=1S/C27H28N2O5/c1-4-16-33-22-13-11-21(12-14-22)27(31)34-24-15-10-20(17-25(24)32-5-2)18-28-29-26(30)23-9-7-6-8-19(23)3/h6-15,17-18H,4-5,16H2,1-3H3,(H,29,30). The number of esters is 1. The van der Waals surface area contributed by atoms with Gasteiger partial charge < -0.3 is 14.2 Å². The largest absolute Gasteiger partial charge is 0.494 e. The van der Waals surface area contributed by atoms with Crippen LogP contribution < -0.4 is 19.6 Å². The van der Waals surface area contributed by atoms with Crippen LogP contribution in [0.15, 0.2) is 71.8 Å². The summed E-state index contributed by atoms with van der Waals surface area (Å²) in [5, 5.41) is 4.03. The molecule has 0 bridgehead atoms. The number of benzene rings is 3. The minimum Gasteiger partial charge on any atom is -0.494 e. The Balaban J connectivity index is 1.67. The lowest BCUT2D eigenvalue weighted by Crippen LogP contribution is -2.18. The Morgan fingerprint density at radius 2 is 1.71 bits per heavy atom. The van der Waals surface area contributed by atoms with Gasteiger partial charge in [-0.2, -0.15) is 5.10 Å². The Labute approximate surface area is 199 Å². The van der Waals surface area contributed by atoms with Gasteiger partial charge in [0.25, 0.3) is 5.91 Å². The van der Waals surface area contributed by atoms with E-state index in [0.717, 1.165) is 12.0 Å². The fraction of sp³-hybridized carbons (Fsp3) is 0.222. The zero-order valence-electron chi connectivity index (χ0n) is 19.5. The molecule has 3 aromatic carbocycles. The number of carbonyl (C=O) groups excluding carboxylic acids is 2. The molecule has 176 valence electrons. The zero-order chi connectivity index (χ0) is 24.3. The summed E-state index contributed by atoms with van der Waals surface area (Å²) in [6.45, 7) is 6.73. The smallest absolute Gasteiger partial charge is 0.343 e. The van der Waals surface area contributed by atoms with Crippen molar-refractivity contribution < 1.29 is 23.8 Å². The highest BCUT2D eigenvalue weighted by Crippen LogP contribution is 2.29. The van der Waals surface area contributed by atoms with Crippen LogP contribution in [0.2, 0.25) is 0 Å². The van der Waals surface area contributed by atoms with Gasteiger partial charge in [0.1, 0.15) is 5.75 Å². The van der Waals surface area contributed by atoms with Gasteiger partial charge in [0.05, 0.1) is 25.0 Å². The second-order valence-electron chi connectivity index (χ2n) is 7.42. The van der Waals surface area contributed by atoms with Gasteiger partial charge in [0.15, 0.2) is 11.5 Å². The lowest BCUT2D eigenvalue weighted by atomic mass is 10.1. The van der Waals surface area contributed by atoms with Crippen molar-refractivity contribution in [2.45, 2.75) is 27.2 Å². The molecule has 0 aliphatic carbocycles. The molecule has 3 rings (SSSR count). The molecule has 0 spiro atoms. The molecule has 0 fully saturated rings. The summed E-state index contributed by atoms with van der Waals surface area (Å²) in [6.07, 6.45) is 2.41. The monoisotopic (exact) mass is 460 g/mol. The molecule has 0 aliphatic rings. The van der Waals surface area contributed by atoms with Crippen molar-refractivity contribution in [3.8, 4) is 17.2 Å². The predicted molar refractivity (Wildman–Crippen MR) is 131 cm³/mol. The molecule has 3 aromatic rings. The minimum atomic E-state index is -0.505. The molecule has 0 saturated heterocycles. The number of nitrogens with one attached hydrogen (secondary N) is 1. The van der Waals surface area contributed by atoms with Gasteiger partial charge in [0.2, 0.25) is 0 Å². The Morgan fingerprint density at radius 1 is 0.941 bits per heavy atom. The van der Waals surface area contributed by atoms with Crippen LogP contribution in [-0.4, -0.2) is 31.3 Å². The Morgan fingerprint density at radius 3 is 2.41 bits per heavy atom. The number of carbonyl (C=O) groups is 2. The van der Waals surface area contributed by atoms with Crippen LogP contribution in [0.1, 0.15) is 52.1 Å². The van der Waals surface area contributed by atoms with Crippen LogP contribution in [0.3, 0.4) is 0 Å². The van der Waals surface area contributed by atoms with Crippen LogP contribution in [-0.2, 0) is 0 Å². The third-order valence-electron chi connectivity index (χ3n) is 4.80. The molecule has 0 aliphatic heterocycles. The topological polar surface area (TPSA) is 86.2 Å². The van der Waals surface area contributed by atoms with E-state index in [9.17, 15) is 9.59 Å². The Kier molecular flexibility index (Phi) is 8.80. The first kappa shape index (κ1) is 24.5. The summed E-state index contributed by atoms with van der Waals surface area (Å²) < 4.78 is 16.7. The highest BCUT2D eigenvalue weighted by Gasteiger charge is 2.14. The van der Waals surface area contributed by atoms with Gasteiger partial charge in [0, 0.05) is 5.56 Å². The van der Waals surface area contributed by atoms with E-state index in [1.54, 1.807) is 54.6 Å². The molecule has 0 heterocycles. The Hall–Kier alpha value is -4.13. The maximum atomic E-state index is 12.6. The summed E-state index contributed by atoms with van der Waals surface area (Å²) >= 11 is 0. The molecule has 34 heavy (non-hydrogen) atoms. The fourth-order valence-corrected chi connectivity index (χ4v) is 3.08. The zero-order valence-corrected chi connectivity index (χ0v) is 19.5. The van der Waals surface area contributed by atoms with Crippen molar-refractivity contribution in [1.82, 2.24) is 5.43 Å². The van der Waals surface area contributed by atoms with Gasteiger partial charge in [-0.25, -0.2) is 10.2 Å². The number of nitrogens with zero attached hydrogens (tertiary/aromatic N) is 1. The maximum absolute atomic E-state index is 12.6. The van der Waals surface area contributed by atoms with E-state index in [1.165, 1.54) is 6.21 Å². The molecular weight excluding hydrogens is 432 g/mol. The second-order valence-corrected chi connectivity index (χ2v) is 7.42. The molecule has 0 saturated carbocycles. The molecule has 1 amide bonds. The second kappa shape index (κ2) is 12.2. The molecule has 0 unspecified atom stereocenters. The van der Waals surface area contributed by atoms with Crippen LogP contribution in [0.5, 0.6) is 17.2 Å². The van der Waals surface area contributed by atoms with Gasteiger partial charge in [-0.3, -0.25) is 4.79 Å². The third-order valence-corrected chi connectivity index (χ3v) is 4.80. The van der Waals surface area contributed by atoms with Crippen molar-refractivity contribution in [2.75, 3.05) is 13.2 Å². The van der Waals surface area contributed by atoms with Gasteiger partial charge >= 0.3 is 5.97 Å². The molecule has 0 atom stereocenters. The van der Waals surface area contributed by atoms with E-state index >= 15 is 0 Å². The predicted octanol–water partition coefficient (Wildman–Crippen LogP) is 5.17. The van der Waals surface area contributed by atoms with Crippen LogP contribution >= 0.6 is 0 Å². The normalized spacial score (nSPS) is 10.7. The number of amides is 1. The van der Waals surface area contributed by atoms with E-state index in [4.69, 9.17) is 14.2 Å². The minimum absolute atomic E-state index is 0.291. The lowest BCUT2D eigenvalue weighted by molar-refractivity contribution is 0.0728. The van der Waals surface area contributed by atoms with Crippen LogP contribution in [0.4, 0.5) is 0 Å². The van der Waals surface area contributed by atoms with Crippen molar-refractivity contribution in [3.05, 3.63) is 89.0 Å². The average molecular weight is 461 g/mol. The van der Waals surface area contributed by atoms with Crippen molar-refractivity contribution >= 4 is 18.1 Å². The van der Waals surface area contributed by atoms with Crippen LogP contribution in [0, 0.1) is 6.92 Å². The van der Waals surface area contributed by atoms with E-state index in [0.29, 0.717) is 47.2 Å². The van der Waals surface area contributed by atoms with Crippen molar-refractivity contribution in [3.63, 3.8) is 0 Å². The number of aryl methyl sites for hydroxylation is 1. The highest BCUT2D eigenvalue weighted by molar-refractivity contribution is 5.96. The molecule has 0 aromatic heterocycles. The Bertz CT molecular complexity index is 1160. The molecule has 7 nitrogen and oxygen atoms in total. The van der Waals surface area contributed by atoms with Gasteiger partial charge in [-0.1, -0.05) is 25.1 Å². The molecular formula is C27H28N2O5. The first-order valence-electron chi connectivity index (χ1n) is 11.1. The number of rotatable bonds is 10.